The van der Waals surface area contributed by atoms with Crippen LogP contribution in [0, 0.1) is 39.9 Å². The summed E-state index contributed by atoms with van der Waals surface area (Å²) in [6.07, 6.45) is 0. The molecule has 8 heavy (non-hydrogen) atoms. The third-order valence-corrected chi connectivity index (χ3v) is 0.287. The van der Waals surface area contributed by atoms with Gasteiger partial charge in [0, 0.05) is 53.8 Å². The summed E-state index contributed by atoms with van der Waals surface area (Å²) in [5, 5.41) is 0. The van der Waals surface area contributed by atoms with Crippen molar-refractivity contribution < 1.29 is 54.3 Å². The number of esters is 2. The van der Waals surface area contributed by atoms with E-state index in [4.69, 9.17) is 0 Å². The van der Waals surface area contributed by atoms with E-state index in [1.165, 1.54) is 13.8 Å². The Bertz CT molecular complexity index is 87.5. The van der Waals surface area contributed by atoms with Crippen molar-refractivity contribution in [3.63, 3.8) is 0 Å². The number of rotatable bonds is 0. The molecule has 3 nitrogen and oxygen atoms in total. The van der Waals surface area contributed by atoms with Gasteiger partial charge in [-0.2, -0.15) is 0 Å². The van der Waals surface area contributed by atoms with Crippen LogP contribution in [0.4, 0.5) is 0 Å². The van der Waals surface area contributed by atoms with E-state index in [2.05, 4.69) is 4.74 Å². The van der Waals surface area contributed by atoms with E-state index in [-0.39, 0.29) is 39.9 Å². The second kappa shape index (κ2) is 5.60. The molecule has 0 aliphatic heterocycles. The van der Waals surface area contributed by atoms with E-state index in [9.17, 15) is 9.59 Å². The molecule has 0 rings (SSSR count). The molecular weight excluding hydrogens is 253 g/mol. The second-order valence-electron chi connectivity index (χ2n) is 1.09. The third-order valence-electron chi connectivity index (χ3n) is 0.287. The van der Waals surface area contributed by atoms with Crippen molar-refractivity contribution in [3.05, 3.63) is 0 Å². The molecule has 0 amide bonds. The van der Waals surface area contributed by atoms with Gasteiger partial charge in [-0.15, -0.1) is 0 Å². The molecule has 0 aliphatic rings. The fourth-order valence-electron chi connectivity index (χ4n) is 0.202. The maximum atomic E-state index is 9.81. The van der Waals surface area contributed by atoms with Crippen LogP contribution in [0.15, 0.2) is 0 Å². The van der Waals surface area contributed by atoms with E-state index < -0.39 is 11.9 Å². The molecule has 0 saturated heterocycles. The van der Waals surface area contributed by atoms with Crippen molar-refractivity contribution >= 4 is 11.9 Å². The van der Waals surface area contributed by atoms with Gasteiger partial charge in [0.05, 0.1) is 0 Å². The Morgan fingerprint density at radius 1 is 1.12 bits per heavy atom. The summed E-state index contributed by atoms with van der Waals surface area (Å²) in [4.78, 5) is 19.6. The van der Waals surface area contributed by atoms with Crippen LogP contribution in [0.3, 0.4) is 0 Å². The smallest absolute Gasteiger partial charge is 0.310 e. The SMILES string of the molecule is CC(=O)OC(C)=O.[Gd]. The van der Waals surface area contributed by atoms with Gasteiger partial charge in [0.15, 0.2) is 0 Å². The third kappa shape index (κ3) is 9.68. The van der Waals surface area contributed by atoms with Crippen molar-refractivity contribution in [2.24, 2.45) is 0 Å². The van der Waals surface area contributed by atoms with Crippen molar-refractivity contribution in [3.8, 4) is 0 Å². The Morgan fingerprint density at radius 3 is 1.38 bits per heavy atom. The minimum absolute atomic E-state index is 0. The molecule has 0 fully saturated rings. The van der Waals surface area contributed by atoms with Crippen molar-refractivity contribution in [2.45, 2.75) is 13.8 Å². The first kappa shape index (κ1) is 11.3. The van der Waals surface area contributed by atoms with Crippen LogP contribution in [0.5, 0.6) is 0 Å². The molecule has 0 radical (unpaired) electrons. The zero-order chi connectivity index (χ0) is 5.86. The van der Waals surface area contributed by atoms with Gasteiger partial charge < -0.3 is 4.74 Å². The Labute approximate surface area is 79.5 Å². The van der Waals surface area contributed by atoms with E-state index in [1.54, 1.807) is 0 Å². The van der Waals surface area contributed by atoms with E-state index in [0.29, 0.717) is 0 Å². The molecule has 0 bridgehead atoms. The summed E-state index contributed by atoms with van der Waals surface area (Å²) >= 11 is 0. The first-order valence-electron chi connectivity index (χ1n) is 1.82. The molecule has 48 valence electrons. The summed E-state index contributed by atoms with van der Waals surface area (Å²) in [6.45, 7) is 2.36. The molecule has 0 aromatic rings. The molecule has 0 spiro atoms. The molecule has 0 aromatic heterocycles. The normalized spacial score (nSPS) is 6.75. The van der Waals surface area contributed by atoms with E-state index >= 15 is 0 Å². The molecule has 0 unspecified atom stereocenters. The van der Waals surface area contributed by atoms with Crippen LogP contribution in [0.2, 0.25) is 0 Å². The number of carbonyl (C=O) groups is 2. The maximum Gasteiger partial charge on any atom is 0.310 e. The topological polar surface area (TPSA) is 43.4 Å². The predicted octanol–water partition coefficient (Wildman–Crippen LogP) is 0.0960. The van der Waals surface area contributed by atoms with Crippen LogP contribution in [0.1, 0.15) is 13.8 Å². The van der Waals surface area contributed by atoms with E-state index in [0.717, 1.165) is 0 Å². The standard InChI is InChI=1S/C4H6O3.Gd/c1-3(5)7-4(2)6;/h1-2H3;. The maximum absolute atomic E-state index is 9.81. The molecule has 0 aromatic carbocycles. The first-order valence-corrected chi connectivity index (χ1v) is 1.82. The molecule has 0 saturated carbocycles. The van der Waals surface area contributed by atoms with Gasteiger partial charge in [0.2, 0.25) is 0 Å². The predicted molar refractivity (Wildman–Crippen MR) is 22.4 cm³/mol. The summed E-state index contributed by atoms with van der Waals surface area (Å²) in [5.74, 6) is -1.12. The monoisotopic (exact) mass is 260 g/mol. The Kier molecular flexibility index (Phi) is 7.90. The van der Waals surface area contributed by atoms with Gasteiger partial charge in [-0.25, -0.2) is 0 Å². The van der Waals surface area contributed by atoms with Crippen LogP contribution in [-0.4, -0.2) is 11.9 Å². The molecular formula is C4H6GdO3. The van der Waals surface area contributed by atoms with Gasteiger partial charge in [-0.05, 0) is 0 Å². The summed E-state index contributed by atoms with van der Waals surface area (Å²) < 4.78 is 3.97. The quantitative estimate of drug-likeness (QED) is 0.458. The zero-order valence-corrected chi connectivity index (χ0v) is 6.85. The largest absolute Gasteiger partial charge is 0.394 e. The van der Waals surface area contributed by atoms with Gasteiger partial charge >= 0.3 is 11.9 Å². The Morgan fingerprint density at radius 2 is 1.38 bits per heavy atom. The van der Waals surface area contributed by atoms with Gasteiger partial charge in [0.1, 0.15) is 0 Å². The van der Waals surface area contributed by atoms with Crippen molar-refractivity contribution in [1.82, 2.24) is 0 Å². The molecule has 0 heterocycles. The fraction of sp³-hybridized carbons (Fsp3) is 0.500. The van der Waals surface area contributed by atoms with Crippen LogP contribution in [0.25, 0.3) is 0 Å². The van der Waals surface area contributed by atoms with E-state index in [1.807, 2.05) is 0 Å². The number of ether oxygens (including phenoxy) is 1. The molecule has 0 N–H and O–H groups in total. The summed E-state index contributed by atoms with van der Waals surface area (Å²) in [5.41, 5.74) is 0. The average Bonchev–Trinajstić information content (AvgIpc) is 1.27. The summed E-state index contributed by atoms with van der Waals surface area (Å²) in [6, 6.07) is 0. The van der Waals surface area contributed by atoms with Crippen molar-refractivity contribution in [1.29, 1.82) is 0 Å². The van der Waals surface area contributed by atoms with Crippen LogP contribution < -0.4 is 0 Å². The second-order valence-corrected chi connectivity index (χ2v) is 1.09. The minimum atomic E-state index is -0.562. The number of hydrogen-bond donors (Lipinski definition) is 0. The number of hydrogen-bond acceptors (Lipinski definition) is 3. The molecule has 0 atom stereocenters. The van der Waals surface area contributed by atoms with Crippen molar-refractivity contribution in [2.75, 3.05) is 0 Å². The van der Waals surface area contributed by atoms with Crippen LogP contribution in [-0.2, 0) is 14.3 Å². The summed E-state index contributed by atoms with van der Waals surface area (Å²) in [7, 11) is 0. The van der Waals surface area contributed by atoms with Crippen LogP contribution >= 0.6 is 0 Å². The van der Waals surface area contributed by atoms with Gasteiger partial charge in [0.25, 0.3) is 0 Å². The Hall–Kier alpha value is 0.465. The van der Waals surface area contributed by atoms with Gasteiger partial charge in [-0.3, -0.25) is 9.59 Å². The number of carbonyl (C=O) groups excluding carboxylic acids is 2. The first-order chi connectivity index (χ1) is 3.13. The molecule has 0 aliphatic carbocycles. The van der Waals surface area contributed by atoms with Gasteiger partial charge in [-0.1, -0.05) is 0 Å². The zero-order valence-electron chi connectivity index (χ0n) is 4.58. The molecule has 4 heteroatoms. The Balaban J connectivity index is 0. The average molecular weight is 259 g/mol. The fourth-order valence-corrected chi connectivity index (χ4v) is 0.202. The minimum Gasteiger partial charge on any atom is -0.394 e.